The molecular formula is C14H15N3S. The number of aromatic nitrogens is 2. The Morgan fingerprint density at radius 1 is 1.06 bits per heavy atom. The third-order valence-corrected chi connectivity index (χ3v) is 3.98. The zero-order chi connectivity index (χ0) is 12.5. The Morgan fingerprint density at radius 3 is 2.56 bits per heavy atom. The molecule has 0 N–H and O–H groups in total. The molecule has 1 aromatic carbocycles. The predicted molar refractivity (Wildman–Crippen MR) is 76.8 cm³/mol. The van der Waals surface area contributed by atoms with Gasteiger partial charge in [-0.1, -0.05) is 30.3 Å². The maximum atomic E-state index is 4.72. The normalized spacial score (nSPS) is 13.4. The smallest absolute Gasteiger partial charge is 0.161 e. The van der Waals surface area contributed by atoms with Gasteiger partial charge in [0.15, 0.2) is 5.82 Å². The summed E-state index contributed by atoms with van der Waals surface area (Å²) in [6, 6.07) is 10.2. The number of rotatable bonds is 2. The van der Waals surface area contributed by atoms with Gasteiger partial charge in [-0.05, 0) is 0 Å². The Balaban J connectivity index is 2.15. The van der Waals surface area contributed by atoms with Crippen molar-refractivity contribution < 1.29 is 0 Å². The van der Waals surface area contributed by atoms with Gasteiger partial charge in [-0.15, -0.1) is 0 Å². The van der Waals surface area contributed by atoms with Crippen molar-refractivity contribution in [2.75, 3.05) is 19.0 Å². The highest BCUT2D eigenvalue weighted by atomic mass is 32.2. The minimum absolute atomic E-state index is 0.834. The van der Waals surface area contributed by atoms with Crippen LogP contribution in [0.25, 0.3) is 11.4 Å². The van der Waals surface area contributed by atoms with E-state index in [2.05, 4.69) is 17.0 Å². The number of anilines is 1. The largest absolute Gasteiger partial charge is 0.362 e. The molecule has 0 amide bonds. The molecule has 0 saturated carbocycles. The standard InChI is InChI=1S/C14H15N3S/c1-17(2)14-11-8-18-9-12(11)15-13(16-14)10-6-4-3-5-7-10/h3-7H,8-9H2,1-2H3. The van der Waals surface area contributed by atoms with Gasteiger partial charge < -0.3 is 4.90 Å². The Hall–Kier alpha value is -1.55. The first-order valence-electron chi connectivity index (χ1n) is 5.96. The van der Waals surface area contributed by atoms with Gasteiger partial charge in [-0.25, -0.2) is 9.97 Å². The Morgan fingerprint density at radius 2 is 1.83 bits per heavy atom. The van der Waals surface area contributed by atoms with Crippen LogP contribution in [0.3, 0.4) is 0 Å². The van der Waals surface area contributed by atoms with Crippen LogP contribution in [0.1, 0.15) is 11.3 Å². The monoisotopic (exact) mass is 257 g/mol. The lowest BCUT2D eigenvalue weighted by Crippen LogP contribution is -2.14. The molecule has 3 nitrogen and oxygen atoms in total. The molecule has 0 unspecified atom stereocenters. The van der Waals surface area contributed by atoms with E-state index < -0.39 is 0 Å². The summed E-state index contributed by atoms with van der Waals surface area (Å²) in [7, 11) is 4.08. The van der Waals surface area contributed by atoms with Gasteiger partial charge in [-0.2, -0.15) is 11.8 Å². The number of benzene rings is 1. The quantitative estimate of drug-likeness (QED) is 0.827. The van der Waals surface area contributed by atoms with E-state index >= 15 is 0 Å². The minimum atomic E-state index is 0.834. The molecule has 0 fully saturated rings. The molecule has 2 aromatic rings. The molecule has 0 atom stereocenters. The van der Waals surface area contributed by atoms with Gasteiger partial charge in [0.2, 0.25) is 0 Å². The average molecular weight is 257 g/mol. The SMILES string of the molecule is CN(C)c1nc(-c2ccccc2)nc2c1CSC2. The summed E-state index contributed by atoms with van der Waals surface area (Å²) in [6.07, 6.45) is 0. The van der Waals surface area contributed by atoms with Crippen LogP contribution in [0, 0.1) is 0 Å². The molecule has 0 spiro atoms. The molecule has 3 rings (SSSR count). The molecule has 1 aliphatic heterocycles. The fourth-order valence-corrected chi connectivity index (χ4v) is 3.15. The highest BCUT2D eigenvalue weighted by Gasteiger charge is 2.21. The van der Waals surface area contributed by atoms with Crippen LogP contribution in [-0.4, -0.2) is 24.1 Å². The fraction of sp³-hybridized carbons (Fsp3) is 0.286. The van der Waals surface area contributed by atoms with E-state index in [0.717, 1.165) is 28.7 Å². The topological polar surface area (TPSA) is 29.0 Å². The zero-order valence-corrected chi connectivity index (χ0v) is 11.4. The molecule has 0 aliphatic carbocycles. The fourth-order valence-electron chi connectivity index (χ4n) is 2.12. The first kappa shape index (κ1) is 11.5. The molecule has 92 valence electrons. The molecule has 0 radical (unpaired) electrons. The van der Waals surface area contributed by atoms with Gasteiger partial charge >= 0.3 is 0 Å². The highest BCUT2D eigenvalue weighted by Crippen LogP contribution is 2.35. The zero-order valence-electron chi connectivity index (χ0n) is 10.6. The lowest BCUT2D eigenvalue weighted by atomic mass is 10.2. The Labute approximate surface area is 111 Å². The number of hydrogen-bond acceptors (Lipinski definition) is 4. The van der Waals surface area contributed by atoms with E-state index in [9.17, 15) is 0 Å². The van der Waals surface area contributed by atoms with Crippen molar-refractivity contribution in [3.8, 4) is 11.4 Å². The molecule has 18 heavy (non-hydrogen) atoms. The van der Waals surface area contributed by atoms with Crippen LogP contribution in [0.4, 0.5) is 5.82 Å². The lowest BCUT2D eigenvalue weighted by Gasteiger charge is -2.16. The maximum absolute atomic E-state index is 4.72. The van der Waals surface area contributed by atoms with E-state index in [1.807, 2.05) is 44.1 Å². The van der Waals surface area contributed by atoms with Crippen molar-refractivity contribution in [2.24, 2.45) is 0 Å². The number of hydrogen-bond donors (Lipinski definition) is 0. The molecule has 4 heteroatoms. The van der Waals surface area contributed by atoms with Crippen molar-refractivity contribution in [1.82, 2.24) is 9.97 Å². The first-order chi connectivity index (χ1) is 8.75. The van der Waals surface area contributed by atoms with Crippen molar-refractivity contribution in [3.05, 3.63) is 41.6 Å². The van der Waals surface area contributed by atoms with Crippen molar-refractivity contribution in [3.63, 3.8) is 0 Å². The van der Waals surface area contributed by atoms with Gasteiger partial charge in [0, 0.05) is 36.7 Å². The van der Waals surface area contributed by atoms with E-state index in [1.165, 1.54) is 11.3 Å². The highest BCUT2D eigenvalue weighted by molar-refractivity contribution is 7.98. The van der Waals surface area contributed by atoms with Crippen molar-refractivity contribution in [1.29, 1.82) is 0 Å². The van der Waals surface area contributed by atoms with E-state index in [4.69, 9.17) is 9.97 Å². The summed E-state index contributed by atoms with van der Waals surface area (Å²) in [6.45, 7) is 0. The molecule has 0 bridgehead atoms. The number of nitrogens with zero attached hydrogens (tertiary/aromatic N) is 3. The van der Waals surface area contributed by atoms with Crippen LogP contribution in [0.2, 0.25) is 0 Å². The third-order valence-electron chi connectivity index (χ3n) is 3.01. The third kappa shape index (κ3) is 1.97. The van der Waals surface area contributed by atoms with Crippen LogP contribution in [-0.2, 0) is 11.5 Å². The Bertz CT molecular complexity index is 567. The molecular weight excluding hydrogens is 242 g/mol. The Kier molecular flexibility index (Phi) is 2.96. The summed E-state index contributed by atoms with van der Waals surface area (Å²) in [5.74, 6) is 3.92. The molecule has 1 aliphatic rings. The molecule has 1 aromatic heterocycles. The van der Waals surface area contributed by atoms with E-state index in [-0.39, 0.29) is 0 Å². The summed E-state index contributed by atoms with van der Waals surface area (Å²) in [4.78, 5) is 11.5. The van der Waals surface area contributed by atoms with E-state index in [0.29, 0.717) is 0 Å². The number of thioether (sulfide) groups is 1. The van der Waals surface area contributed by atoms with Gasteiger partial charge in [-0.3, -0.25) is 0 Å². The average Bonchev–Trinajstić information content (AvgIpc) is 2.86. The second-order valence-electron chi connectivity index (χ2n) is 4.55. The van der Waals surface area contributed by atoms with E-state index in [1.54, 1.807) is 0 Å². The first-order valence-corrected chi connectivity index (χ1v) is 7.11. The lowest BCUT2D eigenvalue weighted by molar-refractivity contribution is 0.995. The summed E-state index contributed by atoms with van der Waals surface area (Å²) in [5.41, 5.74) is 3.57. The second-order valence-corrected chi connectivity index (χ2v) is 5.53. The summed E-state index contributed by atoms with van der Waals surface area (Å²) < 4.78 is 0. The van der Waals surface area contributed by atoms with Crippen LogP contribution < -0.4 is 4.90 Å². The minimum Gasteiger partial charge on any atom is -0.362 e. The summed E-state index contributed by atoms with van der Waals surface area (Å²) >= 11 is 1.91. The molecule has 0 saturated heterocycles. The van der Waals surface area contributed by atoms with Crippen LogP contribution in [0.5, 0.6) is 0 Å². The maximum Gasteiger partial charge on any atom is 0.161 e. The van der Waals surface area contributed by atoms with Crippen LogP contribution >= 0.6 is 11.8 Å². The van der Waals surface area contributed by atoms with Crippen molar-refractivity contribution in [2.45, 2.75) is 11.5 Å². The van der Waals surface area contributed by atoms with Gasteiger partial charge in [0.25, 0.3) is 0 Å². The van der Waals surface area contributed by atoms with Crippen LogP contribution in [0.15, 0.2) is 30.3 Å². The number of fused-ring (bicyclic) bond motifs is 1. The van der Waals surface area contributed by atoms with Gasteiger partial charge in [0.05, 0.1) is 5.69 Å². The summed E-state index contributed by atoms with van der Waals surface area (Å²) in [5, 5.41) is 0. The van der Waals surface area contributed by atoms with Crippen molar-refractivity contribution >= 4 is 17.6 Å². The molecule has 2 heterocycles. The second kappa shape index (κ2) is 4.61. The van der Waals surface area contributed by atoms with Gasteiger partial charge in [0.1, 0.15) is 5.82 Å². The predicted octanol–water partition coefficient (Wildman–Crippen LogP) is 2.96.